The third-order valence-corrected chi connectivity index (χ3v) is 5.57. The van der Waals surface area contributed by atoms with Gasteiger partial charge in [-0.3, -0.25) is 19.4 Å². The maximum Gasteiger partial charge on any atom is 0.258 e. The predicted octanol–water partition coefficient (Wildman–Crippen LogP) is 3.58. The number of nitrogens with one attached hydrogen (secondary N) is 1. The van der Waals surface area contributed by atoms with Crippen LogP contribution in [0.15, 0.2) is 35.4 Å². The molecule has 0 aromatic carbocycles. The molecular weight excluding hydrogens is 399 g/mol. The Morgan fingerprint density at radius 2 is 1.94 bits per heavy atom. The van der Waals surface area contributed by atoms with Crippen molar-refractivity contribution in [3.63, 3.8) is 0 Å². The summed E-state index contributed by atoms with van der Waals surface area (Å²) in [4.78, 5) is 45.7. The fourth-order valence-corrected chi connectivity index (χ4v) is 3.63. The third kappa shape index (κ3) is 3.97. The number of hydrogen-bond donors (Lipinski definition) is 1. The summed E-state index contributed by atoms with van der Waals surface area (Å²) in [5.41, 5.74) is 2.63. The Hall–Kier alpha value is -3.42. The molecule has 2 atom stereocenters. The normalized spacial score (nSPS) is 17.5. The second kappa shape index (κ2) is 8.02. The van der Waals surface area contributed by atoms with Crippen molar-refractivity contribution in [1.29, 1.82) is 0 Å². The van der Waals surface area contributed by atoms with E-state index in [1.807, 2.05) is 13.8 Å². The second-order valence-electron chi connectivity index (χ2n) is 7.96. The number of aromatic nitrogens is 3. The first-order chi connectivity index (χ1) is 14.8. The lowest BCUT2D eigenvalue weighted by Crippen LogP contribution is -2.20. The first kappa shape index (κ1) is 20.8. The highest BCUT2D eigenvalue weighted by molar-refractivity contribution is 5.96. The summed E-state index contributed by atoms with van der Waals surface area (Å²) in [6.07, 6.45) is 3.45. The van der Waals surface area contributed by atoms with Crippen LogP contribution in [0.4, 0.5) is 10.2 Å². The fraction of sp³-hybridized carbons (Fsp3) is 0.348. The highest BCUT2D eigenvalue weighted by atomic mass is 19.1. The van der Waals surface area contributed by atoms with Crippen molar-refractivity contribution in [1.82, 2.24) is 14.5 Å². The van der Waals surface area contributed by atoms with Gasteiger partial charge in [-0.05, 0) is 37.5 Å². The zero-order valence-electron chi connectivity index (χ0n) is 17.6. The molecule has 0 spiro atoms. The molecule has 1 amide bonds. The monoisotopic (exact) mass is 422 g/mol. The van der Waals surface area contributed by atoms with Crippen molar-refractivity contribution in [2.45, 2.75) is 39.3 Å². The molecule has 0 aliphatic heterocycles. The first-order valence-corrected chi connectivity index (χ1v) is 10.2. The molecule has 31 heavy (non-hydrogen) atoms. The molecule has 0 bridgehead atoms. The van der Waals surface area contributed by atoms with Gasteiger partial charge in [-0.15, -0.1) is 0 Å². The number of nitrogens with zero attached hydrogens (tertiary/aromatic N) is 3. The molecule has 8 heteroatoms. The number of anilines is 1. The van der Waals surface area contributed by atoms with E-state index in [2.05, 4.69) is 15.3 Å². The Balaban J connectivity index is 1.71. The summed E-state index contributed by atoms with van der Waals surface area (Å²) in [7, 11) is 1.64. The van der Waals surface area contributed by atoms with E-state index >= 15 is 0 Å². The van der Waals surface area contributed by atoms with Gasteiger partial charge in [0.1, 0.15) is 17.7 Å². The van der Waals surface area contributed by atoms with Crippen LogP contribution >= 0.6 is 0 Å². The molecule has 0 saturated heterocycles. The van der Waals surface area contributed by atoms with Crippen LogP contribution in [0.3, 0.4) is 0 Å². The Labute approximate surface area is 178 Å². The van der Waals surface area contributed by atoms with Gasteiger partial charge < -0.3 is 9.88 Å². The number of halogens is 1. The molecule has 3 heterocycles. The number of carbonyl (C=O) groups is 2. The van der Waals surface area contributed by atoms with Crippen LogP contribution in [0.1, 0.15) is 42.2 Å². The zero-order valence-corrected chi connectivity index (χ0v) is 17.6. The van der Waals surface area contributed by atoms with Gasteiger partial charge in [-0.2, -0.15) is 0 Å². The highest BCUT2D eigenvalue weighted by Gasteiger charge is 2.43. The van der Waals surface area contributed by atoms with Crippen molar-refractivity contribution in [3.05, 3.63) is 52.2 Å². The largest absolute Gasteiger partial charge is 0.311 e. The van der Waals surface area contributed by atoms with Crippen LogP contribution in [0.25, 0.3) is 22.0 Å². The predicted molar refractivity (Wildman–Crippen MR) is 116 cm³/mol. The number of alkyl halides is 1. The lowest BCUT2D eigenvalue weighted by Gasteiger charge is -2.12. The summed E-state index contributed by atoms with van der Waals surface area (Å²) in [6.45, 7) is 3.78. The number of Topliss-reactive ketones (excluding diaryl/α,β-unsaturated/α-hetero) is 1. The number of amides is 1. The van der Waals surface area contributed by atoms with E-state index in [0.717, 1.165) is 12.0 Å². The number of aryl methyl sites for hydroxylation is 2. The van der Waals surface area contributed by atoms with Crippen LogP contribution in [-0.2, 0) is 11.8 Å². The summed E-state index contributed by atoms with van der Waals surface area (Å²) in [5, 5.41) is 3.31. The van der Waals surface area contributed by atoms with Crippen molar-refractivity contribution < 1.29 is 14.0 Å². The number of pyridine rings is 3. The van der Waals surface area contributed by atoms with Crippen LogP contribution in [0.2, 0.25) is 0 Å². The van der Waals surface area contributed by atoms with E-state index in [0.29, 0.717) is 34.1 Å². The van der Waals surface area contributed by atoms with E-state index in [-0.39, 0.29) is 23.6 Å². The van der Waals surface area contributed by atoms with Gasteiger partial charge in [0, 0.05) is 48.4 Å². The number of ketones is 1. The molecule has 0 radical (unpaired) electrons. The first-order valence-electron chi connectivity index (χ1n) is 10.2. The molecule has 3 aromatic rings. The van der Waals surface area contributed by atoms with Crippen LogP contribution in [-0.4, -0.2) is 32.4 Å². The van der Waals surface area contributed by atoms with Crippen molar-refractivity contribution in [2.24, 2.45) is 13.0 Å². The molecule has 1 fully saturated rings. The Morgan fingerprint density at radius 1 is 1.19 bits per heavy atom. The summed E-state index contributed by atoms with van der Waals surface area (Å²) < 4.78 is 14.6. The van der Waals surface area contributed by atoms with Crippen molar-refractivity contribution in [3.8, 4) is 11.1 Å². The maximum absolute atomic E-state index is 13.1. The van der Waals surface area contributed by atoms with Crippen molar-refractivity contribution in [2.75, 3.05) is 5.32 Å². The molecule has 0 unspecified atom stereocenters. The molecule has 3 aromatic heterocycles. The average molecular weight is 422 g/mol. The summed E-state index contributed by atoms with van der Waals surface area (Å²) >= 11 is 0. The van der Waals surface area contributed by atoms with E-state index in [1.54, 1.807) is 37.6 Å². The van der Waals surface area contributed by atoms with Crippen LogP contribution in [0.5, 0.6) is 0 Å². The Kier molecular flexibility index (Phi) is 5.39. The van der Waals surface area contributed by atoms with Crippen LogP contribution < -0.4 is 10.9 Å². The van der Waals surface area contributed by atoms with Gasteiger partial charge in [0.25, 0.3) is 5.56 Å². The molecule has 4 rings (SSSR count). The standard InChI is InChI=1S/C23H23FN4O3/c1-4-5-20(29)18-6-12(2)16(11-25-18)14-7-13-10-26-21(9-19(13)28(3)23(14)31)27-22(30)15-8-17(15)24/h6-7,9-11,15,17H,4-5,8H2,1-3H3,(H,26,27,30)/t15-,17+/m1/s1. The topological polar surface area (TPSA) is 94.0 Å². The summed E-state index contributed by atoms with van der Waals surface area (Å²) in [5.74, 6) is -0.768. The van der Waals surface area contributed by atoms with Crippen LogP contribution in [0, 0.1) is 12.8 Å². The molecule has 7 nitrogen and oxygen atoms in total. The van der Waals surface area contributed by atoms with Crippen molar-refractivity contribution >= 4 is 28.4 Å². The van der Waals surface area contributed by atoms with Gasteiger partial charge in [0.05, 0.1) is 11.4 Å². The lowest BCUT2D eigenvalue weighted by molar-refractivity contribution is -0.117. The zero-order chi connectivity index (χ0) is 22.3. The average Bonchev–Trinajstić information content (AvgIpc) is 3.48. The van der Waals surface area contributed by atoms with Gasteiger partial charge in [-0.25, -0.2) is 9.37 Å². The van der Waals surface area contributed by atoms with E-state index < -0.39 is 18.0 Å². The molecule has 1 aliphatic carbocycles. The quantitative estimate of drug-likeness (QED) is 0.613. The minimum Gasteiger partial charge on any atom is -0.311 e. The fourth-order valence-electron chi connectivity index (χ4n) is 3.63. The summed E-state index contributed by atoms with van der Waals surface area (Å²) in [6, 6.07) is 5.04. The molecule has 1 saturated carbocycles. The lowest BCUT2D eigenvalue weighted by atomic mass is 10.0. The Bertz CT molecular complexity index is 1270. The Morgan fingerprint density at radius 3 is 2.58 bits per heavy atom. The van der Waals surface area contributed by atoms with E-state index in [9.17, 15) is 18.8 Å². The van der Waals surface area contributed by atoms with Gasteiger partial charge in [0.15, 0.2) is 5.78 Å². The number of hydrogen-bond acceptors (Lipinski definition) is 5. The molecular formula is C23H23FN4O3. The number of rotatable bonds is 6. The SMILES string of the molecule is CCCC(=O)c1cc(C)c(-c2cc3cnc(NC(=O)[C@@H]4C[C@@H]4F)cc3n(C)c2=O)cn1. The van der Waals surface area contributed by atoms with E-state index in [4.69, 9.17) is 0 Å². The maximum atomic E-state index is 13.1. The van der Waals surface area contributed by atoms with Gasteiger partial charge >= 0.3 is 0 Å². The molecule has 1 N–H and O–H groups in total. The number of fused-ring (bicyclic) bond motifs is 1. The minimum atomic E-state index is -1.09. The van der Waals surface area contributed by atoms with Gasteiger partial charge in [0.2, 0.25) is 5.91 Å². The highest BCUT2D eigenvalue weighted by Crippen LogP contribution is 2.34. The second-order valence-corrected chi connectivity index (χ2v) is 7.96. The minimum absolute atomic E-state index is 0.0207. The van der Waals surface area contributed by atoms with E-state index in [1.165, 1.54) is 4.57 Å². The molecule has 1 aliphatic rings. The molecule has 160 valence electrons. The number of carbonyl (C=O) groups excluding carboxylic acids is 2. The van der Waals surface area contributed by atoms with Gasteiger partial charge in [-0.1, -0.05) is 6.92 Å². The third-order valence-electron chi connectivity index (χ3n) is 5.57. The smallest absolute Gasteiger partial charge is 0.258 e.